The Hall–Kier alpha value is -0.0100. The summed E-state index contributed by atoms with van der Waals surface area (Å²) in [4.78, 5) is 17.0. The number of carbonyl (C=O) groups is 1. The van der Waals surface area contributed by atoms with Gasteiger partial charge in [0.05, 0.1) is 17.7 Å². The van der Waals surface area contributed by atoms with Gasteiger partial charge in [0, 0.05) is 35.4 Å². The molecule has 2 N–H and O–H groups in total. The second kappa shape index (κ2) is 9.83. The zero-order valence-electron chi connectivity index (χ0n) is 10.7. The fourth-order valence-electron chi connectivity index (χ4n) is 1.72. The van der Waals surface area contributed by atoms with Crippen LogP contribution < -0.4 is 10.6 Å². The van der Waals surface area contributed by atoms with E-state index in [0.717, 1.165) is 28.6 Å². The van der Waals surface area contributed by atoms with Crippen molar-refractivity contribution < 1.29 is 4.79 Å². The van der Waals surface area contributed by atoms with E-state index in [1.54, 1.807) is 11.3 Å². The third-order valence-corrected chi connectivity index (χ3v) is 4.79. The van der Waals surface area contributed by atoms with E-state index in [1.165, 1.54) is 0 Å². The Labute approximate surface area is 134 Å². The van der Waals surface area contributed by atoms with Gasteiger partial charge in [0.25, 0.3) is 0 Å². The first-order chi connectivity index (χ1) is 8.25. The predicted molar refractivity (Wildman–Crippen MR) is 86.9 cm³/mol. The van der Waals surface area contributed by atoms with Crippen molar-refractivity contribution in [3.63, 3.8) is 0 Å². The highest BCUT2D eigenvalue weighted by Crippen LogP contribution is 2.12. The van der Waals surface area contributed by atoms with Crippen LogP contribution in [0.1, 0.15) is 17.0 Å². The van der Waals surface area contributed by atoms with Crippen molar-refractivity contribution in [1.29, 1.82) is 0 Å². The summed E-state index contributed by atoms with van der Waals surface area (Å²) in [5.74, 6) is 2.31. The molecule has 0 spiro atoms. The van der Waals surface area contributed by atoms with E-state index in [4.69, 9.17) is 0 Å². The Morgan fingerprint density at radius 3 is 2.95 bits per heavy atom. The largest absolute Gasteiger partial charge is 0.351 e. The van der Waals surface area contributed by atoms with Gasteiger partial charge in [-0.05, 0) is 6.92 Å². The Kier molecular flexibility index (Phi) is 9.82. The van der Waals surface area contributed by atoms with Crippen LogP contribution in [0.5, 0.6) is 0 Å². The van der Waals surface area contributed by atoms with Crippen LogP contribution in [0.15, 0.2) is 5.51 Å². The second-order valence-electron chi connectivity index (χ2n) is 4.07. The molecule has 1 aromatic heterocycles. The van der Waals surface area contributed by atoms with Gasteiger partial charge < -0.3 is 10.6 Å². The van der Waals surface area contributed by atoms with Crippen molar-refractivity contribution >= 4 is 53.8 Å². The lowest BCUT2D eigenvalue weighted by atomic mass is 10.2. The van der Waals surface area contributed by atoms with Gasteiger partial charge in [0.1, 0.15) is 0 Å². The van der Waals surface area contributed by atoms with Crippen LogP contribution in [0.4, 0.5) is 0 Å². The molecule has 1 aliphatic rings. The van der Waals surface area contributed by atoms with E-state index >= 15 is 0 Å². The summed E-state index contributed by atoms with van der Waals surface area (Å²) >= 11 is 3.50. The van der Waals surface area contributed by atoms with Crippen LogP contribution in [0.3, 0.4) is 0 Å². The number of carbonyl (C=O) groups excluding carboxylic acids is 1. The third kappa shape index (κ3) is 6.31. The van der Waals surface area contributed by atoms with Gasteiger partial charge in [-0.3, -0.25) is 4.79 Å². The molecule has 0 radical (unpaired) electrons. The molecule has 1 amide bonds. The average Bonchev–Trinajstić information content (AvgIpc) is 2.74. The molecule has 2 heterocycles. The first-order valence-corrected chi connectivity index (χ1v) is 7.76. The quantitative estimate of drug-likeness (QED) is 0.877. The summed E-state index contributed by atoms with van der Waals surface area (Å²) in [7, 11) is 0. The molecule has 1 atom stereocenters. The lowest BCUT2D eigenvalue weighted by Gasteiger charge is -2.22. The van der Waals surface area contributed by atoms with E-state index in [9.17, 15) is 4.79 Å². The molecule has 0 aliphatic carbocycles. The van der Waals surface area contributed by atoms with E-state index in [2.05, 4.69) is 15.6 Å². The molecule has 1 aliphatic heterocycles. The first-order valence-electron chi connectivity index (χ1n) is 5.72. The molecule has 110 valence electrons. The molecule has 0 aromatic carbocycles. The number of amides is 1. The average molecular weight is 344 g/mol. The highest BCUT2D eigenvalue weighted by molar-refractivity contribution is 7.99. The minimum absolute atomic E-state index is 0. The molecule has 0 bridgehead atoms. The SMILES string of the molecule is Cc1ncsc1CNC(=O)CC1CSCCN1.Cl.Cl. The molecule has 4 nitrogen and oxygen atoms in total. The molecule has 2 rings (SSSR count). The highest BCUT2D eigenvalue weighted by atomic mass is 35.5. The number of rotatable bonds is 4. The molecule has 8 heteroatoms. The van der Waals surface area contributed by atoms with E-state index in [0.29, 0.717) is 19.0 Å². The number of aryl methyl sites for hydroxylation is 1. The fraction of sp³-hybridized carbons (Fsp3) is 0.636. The number of aromatic nitrogens is 1. The van der Waals surface area contributed by atoms with Gasteiger partial charge in [0.2, 0.25) is 5.91 Å². The predicted octanol–water partition coefficient (Wildman–Crippen LogP) is 2.01. The molecular weight excluding hydrogens is 325 g/mol. The van der Waals surface area contributed by atoms with Crippen LogP contribution in [-0.4, -0.2) is 35.0 Å². The van der Waals surface area contributed by atoms with Crippen molar-refractivity contribution in [3.8, 4) is 0 Å². The molecule has 1 saturated heterocycles. The Bertz CT molecular complexity index is 384. The summed E-state index contributed by atoms with van der Waals surface area (Å²) in [6, 6.07) is 0.330. The Morgan fingerprint density at radius 1 is 1.58 bits per heavy atom. The van der Waals surface area contributed by atoms with Crippen molar-refractivity contribution in [2.45, 2.75) is 25.9 Å². The monoisotopic (exact) mass is 343 g/mol. The molecule has 1 aromatic rings. The summed E-state index contributed by atoms with van der Waals surface area (Å²) in [5, 5.41) is 6.32. The van der Waals surface area contributed by atoms with Gasteiger partial charge in [-0.15, -0.1) is 36.2 Å². The normalized spacial score (nSPS) is 18.1. The Morgan fingerprint density at radius 2 is 2.37 bits per heavy atom. The maximum absolute atomic E-state index is 11.7. The van der Waals surface area contributed by atoms with Crippen LogP contribution in [0.2, 0.25) is 0 Å². The van der Waals surface area contributed by atoms with Gasteiger partial charge in [0.15, 0.2) is 0 Å². The molecule has 0 saturated carbocycles. The Balaban J connectivity index is 0.00000162. The van der Waals surface area contributed by atoms with Crippen molar-refractivity contribution in [3.05, 3.63) is 16.1 Å². The zero-order chi connectivity index (χ0) is 12.1. The van der Waals surface area contributed by atoms with Crippen LogP contribution >= 0.6 is 47.9 Å². The third-order valence-electron chi connectivity index (χ3n) is 2.72. The van der Waals surface area contributed by atoms with Gasteiger partial charge >= 0.3 is 0 Å². The van der Waals surface area contributed by atoms with Crippen molar-refractivity contribution in [2.24, 2.45) is 0 Å². The lowest BCUT2D eigenvalue weighted by Crippen LogP contribution is -2.41. The smallest absolute Gasteiger partial charge is 0.221 e. The first kappa shape index (κ1) is 19.0. The lowest BCUT2D eigenvalue weighted by molar-refractivity contribution is -0.121. The topological polar surface area (TPSA) is 54.0 Å². The van der Waals surface area contributed by atoms with Crippen LogP contribution in [0.25, 0.3) is 0 Å². The summed E-state index contributed by atoms with van der Waals surface area (Å²) in [6.07, 6.45) is 0.574. The molecule has 1 fully saturated rings. The number of hydrogen-bond acceptors (Lipinski definition) is 5. The van der Waals surface area contributed by atoms with Crippen molar-refractivity contribution in [2.75, 3.05) is 18.1 Å². The van der Waals surface area contributed by atoms with Crippen molar-refractivity contribution in [1.82, 2.24) is 15.6 Å². The zero-order valence-corrected chi connectivity index (χ0v) is 13.9. The fourth-order valence-corrected chi connectivity index (χ4v) is 3.39. The van der Waals surface area contributed by atoms with Gasteiger partial charge in [-0.1, -0.05) is 0 Å². The number of thioether (sulfide) groups is 1. The van der Waals surface area contributed by atoms with E-state index in [1.807, 2.05) is 24.2 Å². The number of halogens is 2. The number of nitrogens with zero attached hydrogens (tertiary/aromatic N) is 1. The minimum Gasteiger partial charge on any atom is -0.351 e. The van der Waals surface area contributed by atoms with Gasteiger partial charge in [-0.2, -0.15) is 11.8 Å². The molecule has 19 heavy (non-hydrogen) atoms. The number of hydrogen-bond donors (Lipinski definition) is 2. The summed E-state index contributed by atoms with van der Waals surface area (Å²) < 4.78 is 0. The summed E-state index contributed by atoms with van der Waals surface area (Å²) in [5.41, 5.74) is 2.83. The maximum Gasteiger partial charge on any atom is 0.221 e. The molecule has 1 unspecified atom stereocenters. The highest BCUT2D eigenvalue weighted by Gasteiger charge is 2.16. The van der Waals surface area contributed by atoms with Crippen LogP contribution in [0, 0.1) is 6.92 Å². The summed E-state index contributed by atoms with van der Waals surface area (Å²) in [6.45, 7) is 3.59. The van der Waals surface area contributed by atoms with Crippen LogP contribution in [-0.2, 0) is 11.3 Å². The van der Waals surface area contributed by atoms with E-state index in [-0.39, 0.29) is 30.7 Å². The standard InChI is InChI=1S/C11H17N3OS2.2ClH/c1-8-10(17-7-14-8)5-13-11(15)4-9-6-16-3-2-12-9;;/h7,9,12H,2-6H2,1H3,(H,13,15);2*1H. The number of thiazole rings is 1. The minimum atomic E-state index is 0. The number of nitrogens with one attached hydrogen (secondary N) is 2. The second-order valence-corrected chi connectivity index (χ2v) is 6.16. The molecular formula is C11H19Cl2N3OS2. The van der Waals surface area contributed by atoms with Gasteiger partial charge in [-0.25, -0.2) is 4.98 Å². The van der Waals surface area contributed by atoms with E-state index < -0.39 is 0 Å². The maximum atomic E-state index is 11.7.